The predicted molar refractivity (Wildman–Crippen MR) is 97.1 cm³/mol. The lowest BCUT2D eigenvalue weighted by Gasteiger charge is -2.23. The molecule has 0 radical (unpaired) electrons. The van der Waals surface area contributed by atoms with Gasteiger partial charge in [-0.25, -0.2) is 0 Å². The van der Waals surface area contributed by atoms with E-state index in [1.807, 2.05) is 30.3 Å². The Morgan fingerprint density at radius 2 is 1.96 bits per heavy atom. The SMILES string of the molecule is O=C1C[C@H](O)C[C@@H](/C=C/c2c(Cl)cc(Cl)cc2Oc2ccccc2)O1. The Hall–Kier alpha value is -2.01. The molecule has 0 saturated carbocycles. The number of carbonyl (C=O) groups is 1. The van der Waals surface area contributed by atoms with E-state index in [-0.39, 0.29) is 6.42 Å². The number of para-hydroxylation sites is 1. The lowest BCUT2D eigenvalue weighted by atomic mass is 10.0. The average molecular weight is 379 g/mol. The first-order chi connectivity index (χ1) is 12.0. The molecule has 0 spiro atoms. The lowest BCUT2D eigenvalue weighted by molar-refractivity contribution is -0.156. The standard InChI is InChI=1S/C19H16Cl2O4/c20-12-8-17(21)16(7-6-15-10-13(22)11-19(23)25-15)18(9-12)24-14-4-2-1-3-5-14/h1-9,13,15,22H,10-11H2/b7-6+/t13-,15-/m1/s1. The van der Waals surface area contributed by atoms with Crippen LogP contribution in [0, 0.1) is 0 Å². The van der Waals surface area contributed by atoms with E-state index in [1.165, 1.54) is 0 Å². The molecule has 6 heteroatoms. The van der Waals surface area contributed by atoms with E-state index in [9.17, 15) is 9.90 Å². The quantitative estimate of drug-likeness (QED) is 0.771. The Morgan fingerprint density at radius 3 is 2.68 bits per heavy atom. The van der Waals surface area contributed by atoms with Gasteiger partial charge in [0, 0.05) is 23.1 Å². The Morgan fingerprint density at radius 1 is 1.20 bits per heavy atom. The van der Waals surface area contributed by atoms with Crippen LogP contribution in [0.15, 0.2) is 48.5 Å². The van der Waals surface area contributed by atoms with Crippen molar-refractivity contribution in [1.29, 1.82) is 0 Å². The van der Waals surface area contributed by atoms with Crippen LogP contribution in [0.2, 0.25) is 10.0 Å². The molecule has 2 aromatic rings. The van der Waals surface area contributed by atoms with E-state index in [4.69, 9.17) is 32.7 Å². The fourth-order valence-electron chi connectivity index (χ4n) is 2.55. The number of rotatable bonds is 4. The number of benzene rings is 2. The highest BCUT2D eigenvalue weighted by molar-refractivity contribution is 6.35. The fraction of sp³-hybridized carbons (Fsp3) is 0.211. The molecule has 2 aromatic carbocycles. The number of hydrogen-bond acceptors (Lipinski definition) is 4. The van der Waals surface area contributed by atoms with Crippen molar-refractivity contribution in [3.05, 3.63) is 64.1 Å². The molecule has 0 aliphatic carbocycles. The molecule has 3 rings (SSSR count). The number of aliphatic hydroxyl groups excluding tert-OH is 1. The van der Waals surface area contributed by atoms with Gasteiger partial charge in [0.15, 0.2) is 0 Å². The number of cyclic esters (lactones) is 1. The van der Waals surface area contributed by atoms with Crippen molar-refractivity contribution in [1.82, 2.24) is 0 Å². The normalized spacial score (nSPS) is 20.5. The average Bonchev–Trinajstić information content (AvgIpc) is 2.54. The third kappa shape index (κ3) is 4.75. The van der Waals surface area contributed by atoms with Gasteiger partial charge in [-0.05, 0) is 24.3 Å². The zero-order valence-electron chi connectivity index (χ0n) is 13.2. The Bertz CT molecular complexity index is 790. The van der Waals surface area contributed by atoms with Crippen LogP contribution in [0.5, 0.6) is 11.5 Å². The third-order valence-corrected chi connectivity index (χ3v) is 4.23. The van der Waals surface area contributed by atoms with Gasteiger partial charge in [-0.1, -0.05) is 47.5 Å². The number of halogens is 2. The minimum absolute atomic E-state index is 0.0222. The summed E-state index contributed by atoms with van der Waals surface area (Å²) in [5, 5.41) is 10.6. The van der Waals surface area contributed by atoms with E-state index < -0.39 is 18.2 Å². The smallest absolute Gasteiger partial charge is 0.309 e. The van der Waals surface area contributed by atoms with Crippen molar-refractivity contribution in [3.8, 4) is 11.5 Å². The van der Waals surface area contributed by atoms with Gasteiger partial charge in [0.1, 0.15) is 17.6 Å². The molecule has 1 aliphatic heterocycles. The lowest BCUT2D eigenvalue weighted by Crippen LogP contribution is -2.31. The van der Waals surface area contributed by atoms with Crippen molar-refractivity contribution >= 4 is 35.2 Å². The second-order valence-corrected chi connectivity index (χ2v) is 6.54. The van der Waals surface area contributed by atoms with Crippen LogP contribution in [0.3, 0.4) is 0 Å². The van der Waals surface area contributed by atoms with Gasteiger partial charge >= 0.3 is 5.97 Å². The maximum Gasteiger partial charge on any atom is 0.309 e. The van der Waals surface area contributed by atoms with Crippen LogP contribution < -0.4 is 4.74 Å². The molecular weight excluding hydrogens is 363 g/mol. The summed E-state index contributed by atoms with van der Waals surface area (Å²) < 4.78 is 11.1. The molecule has 0 bridgehead atoms. The van der Waals surface area contributed by atoms with Crippen molar-refractivity contribution in [3.63, 3.8) is 0 Å². The molecule has 0 aromatic heterocycles. The molecule has 1 aliphatic rings. The van der Waals surface area contributed by atoms with Gasteiger partial charge in [0.2, 0.25) is 0 Å². The second-order valence-electron chi connectivity index (χ2n) is 5.70. The number of esters is 1. The molecule has 0 amide bonds. The van der Waals surface area contributed by atoms with Gasteiger partial charge in [-0.2, -0.15) is 0 Å². The summed E-state index contributed by atoms with van der Waals surface area (Å²) in [6.45, 7) is 0. The van der Waals surface area contributed by atoms with Crippen molar-refractivity contribution in [2.45, 2.75) is 25.0 Å². The molecule has 25 heavy (non-hydrogen) atoms. The maximum atomic E-state index is 11.4. The molecule has 4 nitrogen and oxygen atoms in total. The highest BCUT2D eigenvalue weighted by atomic mass is 35.5. The van der Waals surface area contributed by atoms with Gasteiger partial charge in [-0.15, -0.1) is 0 Å². The molecule has 1 heterocycles. The van der Waals surface area contributed by atoms with Crippen LogP contribution in [-0.4, -0.2) is 23.3 Å². The molecule has 1 N–H and O–H groups in total. The Labute approximate surface area is 155 Å². The number of aliphatic hydroxyl groups is 1. The summed E-state index contributed by atoms with van der Waals surface area (Å²) in [5.41, 5.74) is 0.617. The number of hydrogen-bond donors (Lipinski definition) is 1. The van der Waals surface area contributed by atoms with Crippen LogP contribution >= 0.6 is 23.2 Å². The minimum atomic E-state index is -0.698. The van der Waals surface area contributed by atoms with E-state index >= 15 is 0 Å². The Balaban J connectivity index is 1.87. The van der Waals surface area contributed by atoms with E-state index in [0.717, 1.165) is 0 Å². The summed E-state index contributed by atoms with van der Waals surface area (Å²) in [6.07, 6.45) is 2.57. The minimum Gasteiger partial charge on any atom is -0.458 e. The molecule has 1 fully saturated rings. The van der Waals surface area contributed by atoms with Crippen LogP contribution in [0.4, 0.5) is 0 Å². The van der Waals surface area contributed by atoms with Crippen LogP contribution in [0.1, 0.15) is 18.4 Å². The first kappa shape index (κ1) is 17.8. The largest absolute Gasteiger partial charge is 0.458 e. The molecule has 130 valence electrons. The molecular formula is C19H16Cl2O4. The van der Waals surface area contributed by atoms with Crippen molar-refractivity contribution < 1.29 is 19.4 Å². The van der Waals surface area contributed by atoms with Crippen LogP contribution in [0.25, 0.3) is 6.08 Å². The summed E-state index contributed by atoms with van der Waals surface area (Å²) in [4.78, 5) is 11.4. The van der Waals surface area contributed by atoms with Gasteiger partial charge < -0.3 is 14.6 Å². The van der Waals surface area contributed by atoms with Crippen molar-refractivity contribution in [2.75, 3.05) is 0 Å². The highest BCUT2D eigenvalue weighted by Gasteiger charge is 2.25. The zero-order valence-corrected chi connectivity index (χ0v) is 14.7. The predicted octanol–water partition coefficient (Wildman–Crippen LogP) is 4.87. The summed E-state index contributed by atoms with van der Waals surface area (Å²) in [7, 11) is 0. The van der Waals surface area contributed by atoms with Crippen LogP contribution in [-0.2, 0) is 9.53 Å². The number of carbonyl (C=O) groups excluding carboxylic acids is 1. The first-order valence-electron chi connectivity index (χ1n) is 7.79. The van der Waals surface area contributed by atoms with Gasteiger partial charge in [0.25, 0.3) is 0 Å². The first-order valence-corrected chi connectivity index (χ1v) is 8.54. The fourth-order valence-corrected chi connectivity index (χ4v) is 3.09. The zero-order chi connectivity index (χ0) is 17.8. The molecule has 1 saturated heterocycles. The Kier molecular flexibility index (Phi) is 5.63. The van der Waals surface area contributed by atoms with E-state index in [2.05, 4.69) is 0 Å². The van der Waals surface area contributed by atoms with E-state index in [1.54, 1.807) is 24.3 Å². The maximum absolute atomic E-state index is 11.4. The summed E-state index contributed by atoms with van der Waals surface area (Å²) in [6, 6.07) is 12.5. The summed E-state index contributed by atoms with van der Waals surface area (Å²) >= 11 is 12.4. The topological polar surface area (TPSA) is 55.8 Å². The van der Waals surface area contributed by atoms with Crippen molar-refractivity contribution in [2.24, 2.45) is 0 Å². The molecule has 2 atom stereocenters. The monoisotopic (exact) mass is 378 g/mol. The summed E-state index contributed by atoms with van der Waals surface area (Å²) in [5.74, 6) is 0.717. The van der Waals surface area contributed by atoms with Gasteiger partial charge in [-0.3, -0.25) is 4.79 Å². The molecule has 0 unspecified atom stereocenters. The second kappa shape index (κ2) is 7.91. The number of ether oxygens (including phenoxy) is 2. The van der Waals surface area contributed by atoms with Gasteiger partial charge in [0.05, 0.1) is 17.5 Å². The third-order valence-electron chi connectivity index (χ3n) is 3.69. The highest BCUT2D eigenvalue weighted by Crippen LogP contribution is 2.35. The van der Waals surface area contributed by atoms with E-state index in [0.29, 0.717) is 33.5 Å².